The first-order valence-electron chi connectivity index (χ1n) is 9.62. The lowest BCUT2D eigenvalue weighted by Crippen LogP contribution is -2.44. The van der Waals surface area contributed by atoms with Crippen LogP contribution in [0, 0.1) is 11.8 Å². The van der Waals surface area contributed by atoms with E-state index >= 15 is 0 Å². The van der Waals surface area contributed by atoms with Gasteiger partial charge in [-0.1, -0.05) is 43.7 Å². The van der Waals surface area contributed by atoms with Crippen LogP contribution in [0.15, 0.2) is 36.5 Å². The molecular formula is C21H29N3O. The molecule has 1 aromatic carbocycles. The standard InChI is InChI=1S/C21H29N3O/c1-3-21(25)11-7-10-17-13-24(15-19(17)21)14-18-12-23(2)22-20(18)16-8-5-4-6-9-16/h4-6,8-9,12,17,19,25H,3,7,10-11,13-15H2,1-2H3/t17-,19+,21-/m0/s1. The van der Waals surface area contributed by atoms with E-state index in [0.29, 0.717) is 11.8 Å². The van der Waals surface area contributed by atoms with Gasteiger partial charge in [-0.15, -0.1) is 0 Å². The summed E-state index contributed by atoms with van der Waals surface area (Å²) in [6, 6.07) is 10.4. The fourth-order valence-electron chi connectivity index (χ4n) is 5.02. The van der Waals surface area contributed by atoms with Crippen molar-refractivity contribution in [2.45, 2.75) is 44.8 Å². The summed E-state index contributed by atoms with van der Waals surface area (Å²) in [7, 11) is 2.00. The number of likely N-dealkylation sites (tertiary alicyclic amines) is 1. The average molecular weight is 339 g/mol. The summed E-state index contributed by atoms with van der Waals surface area (Å²) in [5, 5.41) is 15.7. The van der Waals surface area contributed by atoms with Crippen molar-refractivity contribution < 1.29 is 5.11 Å². The smallest absolute Gasteiger partial charge is 0.0968 e. The number of aromatic nitrogens is 2. The van der Waals surface area contributed by atoms with Crippen LogP contribution in [0.5, 0.6) is 0 Å². The van der Waals surface area contributed by atoms with Crippen molar-refractivity contribution in [1.29, 1.82) is 0 Å². The summed E-state index contributed by atoms with van der Waals surface area (Å²) in [4.78, 5) is 2.53. The van der Waals surface area contributed by atoms with Gasteiger partial charge in [-0.3, -0.25) is 9.58 Å². The van der Waals surface area contributed by atoms with Crippen LogP contribution in [0.1, 0.15) is 38.2 Å². The van der Waals surface area contributed by atoms with Gasteiger partial charge in [-0.25, -0.2) is 0 Å². The lowest BCUT2D eigenvalue weighted by atomic mass is 9.69. The van der Waals surface area contributed by atoms with Crippen molar-refractivity contribution in [3.63, 3.8) is 0 Å². The van der Waals surface area contributed by atoms with E-state index in [1.54, 1.807) is 0 Å². The van der Waals surface area contributed by atoms with Crippen LogP contribution in [-0.2, 0) is 13.6 Å². The third-order valence-corrected chi connectivity index (χ3v) is 6.35. The minimum Gasteiger partial charge on any atom is -0.390 e. The van der Waals surface area contributed by atoms with Gasteiger partial charge in [0.05, 0.1) is 11.3 Å². The zero-order valence-corrected chi connectivity index (χ0v) is 15.4. The summed E-state index contributed by atoms with van der Waals surface area (Å²) in [6.07, 6.45) is 6.44. The highest BCUT2D eigenvalue weighted by molar-refractivity contribution is 5.62. The van der Waals surface area contributed by atoms with Gasteiger partial charge in [0.15, 0.2) is 0 Å². The monoisotopic (exact) mass is 339 g/mol. The lowest BCUT2D eigenvalue weighted by molar-refractivity contribution is -0.0613. The maximum Gasteiger partial charge on any atom is 0.0968 e. The van der Waals surface area contributed by atoms with Crippen molar-refractivity contribution in [2.24, 2.45) is 18.9 Å². The van der Waals surface area contributed by atoms with Crippen LogP contribution in [0.2, 0.25) is 0 Å². The Balaban J connectivity index is 1.54. The van der Waals surface area contributed by atoms with Crippen LogP contribution in [-0.4, -0.2) is 38.5 Å². The minimum atomic E-state index is -0.450. The predicted octanol–water partition coefficient (Wildman–Crippen LogP) is 3.46. The van der Waals surface area contributed by atoms with Crippen LogP contribution in [0.25, 0.3) is 11.3 Å². The van der Waals surface area contributed by atoms with E-state index in [-0.39, 0.29) is 0 Å². The van der Waals surface area contributed by atoms with Crippen molar-refractivity contribution in [2.75, 3.05) is 13.1 Å². The highest BCUT2D eigenvalue weighted by Gasteiger charge is 2.47. The molecule has 2 heterocycles. The van der Waals surface area contributed by atoms with Crippen molar-refractivity contribution in [1.82, 2.24) is 14.7 Å². The molecule has 4 rings (SSSR count). The molecule has 2 aliphatic rings. The van der Waals surface area contributed by atoms with E-state index in [2.05, 4.69) is 42.3 Å². The fraction of sp³-hybridized carbons (Fsp3) is 0.571. The lowest BCUT2D eigenvalue weighted by Gasteiger charge is -2.40. The molecule has 4 nitrogen and oxygen atoms in total. The maximum atomic E-state index is 11.0. The molecule has 1 saturated heterocycles. The highest BCUT2D eigenvalue weighted by atomic mass is 16.3. The number of hydrogen-bond acceptors (Lipinski definition) is 3. The third-order valence-electron chi connectivity index (χ3n) is 6.35. The van der Waals surface area contributed by atoms with E-state index < -0.39 is 5.60 Å². The molecule has 25 heavy (non-hydrogen) atoms. The van der Waals surface area contributed by atoms with Gasteiger partial charge in [0.2, 0.25) is 0 Å². The quantitative estimate of drug-likeness (QED) is 0.927. The maximum absolute atomic E-state index is 11.0. The molecule has 4 heteroatoms. The molecule has 3 atom stereocenters. The number of benzene rings is 1. The molecule has 2 fully saturated rings. The second-order valence-corrected chi connectivity index (χ2v) is 7.95. The molecule has 1 N–H and O–H groups in total. The van der Waals surface area contributed by atoms with E-state index in [0.717, 1.165) is 38.2 Å². The van der Waals surface area contributed by atoms with Crippen LogP contribution in [0.4, 0.5) is 0 Å². The molecule has 1 aromatic heterocycles. The highest BCUT2D eigenvalue weighted by Crippen LogP contribution is 2.44. The number of hydrogen-bond donors (Lipinski definition) is 1. The molecule has 2 aromatic rings. The van der Waals surface area contributed by atoms with Gasteiger partial charge >= 0.3 is 0 Å². The number of aliphatic hydroxyl groups is 1. The first-order valence-corrected chi connectivity index (χ1v) is 9.62. The average Bonchev–Trinajstić information content (AvgIpc) is 3.20. The molecule has 1 aliphatic heterocycles. The summed E-state index contributed by atoms with van der Waals surface area (Å²) < 4.78 is 1.92. The summed E-state index contributed by atoms with van der Waals surface area (Å²) in [5.74, 6) is 1.08. The normalized spacial score (nSPS) is 29.7. The van der Waals surface area contributed by atoms with Crippen LogP contribution < -0.4 is 0 Å². The number of rotatable bonds is 4. The van der Waals surface area contributed by atoms with Crippen LogP contribution in [0.3, 0.4) is 0 Å². The van der Waals surface area contributed by atoms with Gasteiger partial charge in [0, 0.05) is 49.9 Å². The van der Waals surface area contributed by atoms with Crippen molar-refractivity contribution in [3.05, 3.63) is 42.1 Å². The van der Waals surface area contributed by atoms with E-state index in [9.17, 15) is 5.11 Å². The molecule has 134 valence electrons. The SMILES string of the molecule is CC[C@]1(O)CCC[C@H]2CN(Cc3cn(C)nc3-c3ccccc3)C[C@H]21. The molecule has 1 aliphatic carbocycles. The Labute approximate surface area is 150 Å². The zero-order valence-electron chi connectivity index (χ0n) is 15.4. The van der Waals surface area contributed by atoms with E-state index in [4.69, 9.17) is 5.10 Å². The van der Waals surface area contributed by atoms with E-state index in [1.807, 2.05) is 17.8 Å². The third kappa shape index (κ3) is 3.13. The van der Waals surface area contributed by atoms with Gasteiger partial charge in [-0.2, -0.15) is 5.10 Å². The fourth-order valence-corrected chi connectivity index (χ4v) is 5.02. The topological polar surface area (TPSA) is 41.3 Å². The Morgan fingerprint density at radius 3 is 2.80 bits per heavy atom. The Morgan fingerprint density at radius 2 is 2.04 bits per heavy atom. The number of fused-ring (bicyclic) bond motifs is 1. The first-order chi connectivity index (χ1) is 12.1. The molecule has 1 saturated carbocycles. The second kappa shape index (κ2) is 6.58. The second-order valence-electron chi connectivity index (χ2n) is 7.95. The van der Waals surface area contributed by atoms with Gasteiger partial charge in [0.25, 0.3) is 0 Å². The number of aryl methyl sites for hydroxylation is 1. The molecule has 0 unspecified atom stereocenters. The molecular weight excluding hydrogens is 310 g/mol. The van der Waals surface area contributed by atoms with Crippen LogP contribution >= 0.6 is 0 Å². The van der Waals surface area contributed by atoms with Gasteiger partial charge < -0.3 is 5.11 Å². The predicted molar refractivity (Wildman–Crippen MR) is 100.0 cm³/mol. The minimum absolute atomic E-state index is 0.433. The first kappa shape index (κ1) is 16.8. The molecule has 0 bridgehead atoms. The molecule has 0 amide bonds. The Bertz CT molecular complexity index is 726. The Kier molecular flexibility index (Phi) is 4.42. The zero-order chi connectivity index (χ0) is 17.4. The summed E-state index contributed by atoms with van der Waals surface area (Å²) in [6.45, 7) is 5.18. The number of nitrogens with zero attached hydrogens (tertiary/aromatic N) is 3. The Morgan fingerprint density at radius 1 is 1.24 bits per heavy atom. The summed E-state index contributed by atoms with van der Waals surface area (Å²) in [5.41, 5.74) is 3.10. The molecule has 0 spiro atoms. The van der Waals surface area contributed by atoms with Gasteiger partial charge in [-0.05, 0) is 25.2 Å². The van der Waals surface area contributed by atoms with Crippen molar-refractivity contribution in [3.8, 4) is 11.3 Å². The largest absolute Gasteiger partial charge is 0.390 e. The van der Waals surface area contributed by atoms with E-state index in [1.165, 1.54) is 24.0 Å². The van der Waals surface area contributed by atoms with Crippen molar-refractivity contribution >= 4 is 0 Å². The Hall–Kier alpha value is -1.65. The summed E-state index contributed by atoms with van der Waals surface area (Å²) >= 11 is 0. The molecule has 0 radical (unpaired) electrons. The van der Waals surface area contributed by atoms with Gasteiger partial charge in [0.1, 0.15) is 0 Å².